The molecule has 0 radical (unpaired) electrons. The van der Waals surface area contributed by atoms with E-state index in [1.807, 2.05) is 68.4 Å². The highest BCUT2D eigenvalue weighted by Crippen LogP contribution is 2.44. The van der Waals surface area contributed by atoms with E-state index in [2.05, 4.69) is 6.07 Å². The molecule has 170 valence electrons. The Morgan fingerprint density at radius 3 is 2.65 bits per heavy atom. The molecule has 0 N–H and O–H groups in total. The standard InChI is InChI=1S/C28H24N2O4/c1-3-28(34-15-18-9-5-4-6-10-18)23-17(2)25-24-20(13-19-11-7-8-12-22(19)29-24)14-30(25)26(31)21(23)16-33-27(28)32/h4-13H,3,14-16H2,1-2H3. The van der Waals surface area contributed by atoms with Gasteiger partial charge >= 0.3 is 5.97 Å². The molecule has 34 heavy (non-hydrogen) atoms. The fourth-order valence-electron chi connectivity index (χ4n) is 5.40. The third-order valence-corrected chi connectivity index (χ3v) is 7.07. The van der Waals surface area contributed by atoms with Gasteiger partial charge in [-0.2, -0.15) is 0 Å². The fraction of sp³-hybridized carbons (Fsp3) is 0.250. The second-order valence-corrected chi connectivity index (χ2v) is 8.94. The van der Waals surface area contributed by atoms with Gasteiger partial charge in [-0.15, -0.1) is 0 Å². The van der Waals surface area contributed by atoms with Gasteiger partial charge in [0.15, 0.2) is 5.60 Å². The van der Waals surface area contributed by atoms with E-state index in [0.29, 0.717) is 24.1 Å². The van der Waals surface area contributed by atoms with Crippen molar-refractivity contribution in [1.29, 1.82) is 0 Å². The minimum Gasteiger partial charge on any atom is -0.458 e. The molecule has 2 aromatic heterocycles. The first kappa shape index (κ1) is 20.8. The molecule has 2 aliphatic heterocycles. The number of carbonyl (C=O) groups is 1. The molecule has 1 unspecified atom stereocenters. The summed E-state index contributed by atoms with van der Waals surface area (Å²) in [4.78, 5) is 31.9. The lowest BCUT2D eigenvalue weighted by molar-refractivity contribution is -0.183. The average molecular weight is 453 g/mol. The summed E-state index contributed by atoms with van der Waals surface area (Å²) in [7, 11) is 0. The van der Waals surface area contributed by atoms with E-state index in [1.54, 1.807) is 4.57 Å². The maximum Gasteiger partial charge on any atom is 0.343 e. The topological polar surface area (TPSA) is 70.4 Å². The molecule has 2 aliphatic rings. The first-order valence-electron chi connectivity index (χ1n) is 11.5. The zero-order valence-electron chi connectivity index (χ0n) is 19.1. The van der Waals surface area contributed by atoms with Crippen LogP contribution in [0.3, 0.4) is 0 Å². The molecule has 0 bridgehead atoms. The number of pyridine rings is 2. The molecule has 1 atom stereocenters. The maximum absolute atomic E-state index is 13.7. The highest BCUT2D eigenvalue weighted by atomic mass is 16.6. The SMILES string of the molecule is CCC1(OCc2ccccc2)C(=O)OCc2c1c(C)c1n(c2=O)Cc2cc3ccccc3nc2-1. The number of ether oxygens (including phenoxy) is 2. The van der Waals surface area contributed by atoms with Crippen molar-refractivity contribution in [3.05, 3.63) is 98.8 Å². The summed E-state index contributed by atoms with van der Waals surface area (Å²) in [6.07, 6.45) is 0.355. The third kappa shape index (κ3) is 2.88. The van der Waals surface area contributed by atoms with E-state index in [0.717, 1.165) is 39.0 Å². The first-order chi connectivity index (χ1) is 16.5. The van der Waals surface area contributed by atoms with Crippen LogP contribution in [0.15, 0.2) is 65.5 Å². The molecule has 0 saturated carbocycles. The molecule has 0 saturated heterocycles. The van der Waals surface area contributed by atoms with Gasteiger partial charge in [0.1, 0.15) is 6.61 Å². The lowest BCUT2D eigenvalue weighted by Gasteiger charge is -2.37. The van der Waals surface area contributed by atoms with Crippen LogP contribution in [0, 0.1) is 6.92 Å². The maximum atomic E-state index is 13.7. The van der Waals surface area contributed by atoms with Crippen molar-refractivity contribution in [3.63, 3.8) is 0 Å². The number of benzene rings is 2. The molecule has 6 heteroatoms. The van der Waals surface area contributed by atoms with Gasteiger partial charge in [0.05, 0.1) is 35.6 Å². The molecular formula is C28H24N2O4. The minimum absolute atomic E-state index is 0.0453. The summed E-state index contributed by atoms with van der Waals surface area (Å²) in [5.41, 5.74) is 4.87. The Kier molecular flexibility index (Phi) is 4.67. The number of hydrogen-bond acceptors (Lipinski definition) is 5. The zero-order chi connectivity index (χ0) is 23.4. The van der Waals surface area contributed by atoms with Gasteiger partial charge in [-0.1, -0.05) is 55.5 Å². The van der Waals surface area contributed by atoms with E-state index in [4.69, 9.17) is 14.5 Å². The second-order valence-electron chi connectivity index (χ2n) is 8.94. The van der Waals surface area contributed by atoms with Crippen LogP contribution in [-0.4, -0.2) is 15.5 Å². The van der Waals surface area contributed by atoms with Gasteiger partial charge in [0.25, 0.3) is 5.56 Å². The predicted molar refractivity (Wildman–Crippen MR) is 128 cm³/mol. The molecule has 0 fully saturated rings. The van der Waals surface area contributed by atoms with Crippen LogP contribution in [0.5, 0.6) is 0 Å². The van der Waals surface area contributed by atoms with Crippen molar-refractivity contribution in [1.82, 2.24) is 9.55 Å². The summed E-state index contributed by atoms with van der Waals surface area (Å²) in [5, 5.41) is 1.04. The molecule has 0 amide bonds. The Morgan fingerprint density at radius 2 is 1.85 bits per heavy atom. The van der Waals surface area contributed by atoms with E-state index in [1.165, 1.54) is 0 Å². The Morgan fingerprint density at radius 1 is 1.09 bits per heavy atom. The summed E-state index contributed by atoms with van der Waals surface area (Å²) >= 11 is 0. The van der Waals surface area contributed by atoms with E-state index >= 15 is 0 Å². The average Bonchev–Trinajstić information content (AvgIpc) is 3.24. The monoisotopic (exact) mass is 452 g/mol. The smallest absolute Gasteiger partial charge is 0.343 e. The number of esters is 1. The summed E-state index contributed by atoms with van der Waals surface area (Å²) in [6.45, 7) is 4.50. The van der Waals surface area contributed by atoms with Gasteiger partial charge < -0.3 is 14.0 Å². The number of para-hydroxylation sites is 1. The van der Waals surface area contributed by atoms with Gasteiger partial charge in [-0.3, -0.25) is 4.79 Å². The van der Waals surface area contributed by atoms with Crippen LogP contribution in [0.25, 0.3) is 22.3 Å². The Labute approximate surface area is 196 Å². The Bertz CT molecular complexity index is 1520. The molecule has 6 rings (SSSR count). The van der Waals surface area contributed by atoms with Crippen molar-refractivity contribution in [3.8, 4) is 11.4 Å². The Balaban J connectivity index is 1.56. The minimum atomic E-state index is -1.35. The third-order valence-electron chi connectivity index (χ3n) is 7.07. The van der Waals surface area contributed by atoms with Crippen molar-refractivity contribution in [2.75, 3.05) is 0 Å². The number of rotatable bonds is 4. The zero-order valence-corrected chi connectivity index (χ0v) is 19.1. The van der Waals surface area contributed by atoms with Crippen LogP contribution < -0.4 is 5.56 Å². The molecule has 6 nitrogen and oxygen atoms in total. The van der Waals surface area contributed by atoms with Crippen LogP contribution in [-0.2, 0) is 39.6 Å². The Hall–Kier alpha value is -3.77. The van der Waals surface area contributed by atoms with Crippen molar-refractivity contribution >= 4 is 16.9 Å². The highest BCUT2D eigenvalue weighted by Gasteiger charge is 2.49. The molecule has 0 spiro atoms. The van der Waals surface area contributed by atoms with Crippen LogP contribution in [0.2, 0.25) is 0 Å². The second kappa shape index (κ2) is 7.64. The van der Waals surface area contributed by atoms with Crippen molar-refractivity contribution in [2.24, 2.45) is 0 Å². The lowest BCUT2D eigenvalue weighted by Crippen LogP contribution is -2.47. The van der Waals surface area contributed by atoms with Gasteiger partial charge in [-0.05, 0) is 36.6 Å². The summed E-state index contributed by atoms with van der Waals surface area (Å²) in [6, 6.07) is 19.7. The molecule has 4 aromatic rings. The number of fused-ring (bicyclic) bond motifs is 5. The largest absolute Gasteiger partial charge is 0.458 e. The number of cyclic esters (lactones) is 1. The first-order valence-corrected chi connectivity index (χ1v) is 11.5. The van der Waals surface area contributed by atoms with E-state index in [9.17, 15) is 9.59 Å². The molecular weight excluding hydrogens is 428 g/mol. The molecule has 4 heterocycles. The number of hydrogen-bond donors (Lipinski definition) is 0. The lowest BCUT2D eigenvalue weighted by atomic mass is 9.82. The quantitative estimate of drug-likeness (QED) is 0.373. The fourth-order valence-corrected chi connectivity index (χ4v) is 5.40. The van der Waals surface area contributed by atoms with Crippen molar-refractivity contribution < 1.29 is 14.3 Å². The van der Waals surface area contributed by atoms with Crippen LogP contribution >= 0.6 is 0 Å². The molecule has 2 aromatic carbocycles. The van der Waals surface area contributed by atoms with E-state index < -0.39 is 11.6 Å². The highest BCUT2D eigenvalue weighted by molar-refractivity contribution is 5.87. The van der Waals surface area contributed by atoms with E-state index in [-0.39, 0.29) is 18.8 Å². The van der Waals surface area contributed by atoms with Gasteiger partial charge in [0.2, 0.25) is 0 Å². The van der Waals surface area contributed by atoms with Gasteiger partial charge in [0, 0.05) is 16.5 Å². The summed E-state index contributed by atoms with van der Waals surface area (Å²) in [5.74, 6) is -0.449. The van der Waals surface area contributed by atoms with Crippen molar-refractivity contribution in [2.45, 2.75) is 45.6 Å². The van der Waals surface area contributed by atoms with Crippen LogP contribution in [0.4, 0.5) is 0 Å². The van der Waals surface area contributed by atoms with Crippen LogP contribution in [0.1, 0.15) is 41.2 Å². The predicted octanol–water partition coefficient (Wildman–Crippen LogP) is 4.61. The normalized spacial score (nSPS) is 18.4. The number of carbonyl (C=O) groups excluding carboxylic acids is 1. The van der Waals surface area contributed by atoms with Gasteiger partial charge in [-0.25, -0.2) is 9.78 Å². The number of aromatic nitrogens is 2. The number of nitrogens with zero attached hydrogens (tertiary/aromatic N) is 2. The molecule has 0 aliphatic carbocycles. The summed E-state index contributed by atoms with van der Waals surface area (Å²) < 4.78 is 13.7.